The first-order chi connectivity index (χ1) is 17.4. The molecule has 0 saturated heterocycles. The van der Waals surface area contributed by atoms with Gasteiger partial charge in [-0.15, -0.1) is 6.58 Å². The Kier molecular flexibility index (Phi) is 9.58. The third kappa shape index (κ3) is 6.91. The molecule has 3 rings (SSSR count). The summed E-state index contributed by atoms with van der Waals surface area (Å²) in [4.78, 5) is 12.8. The number of amides is 1. The molecule has 0 aliphatic carbocycles. The van der Waals surface area contributed by atoms with Gasteiger partial charge in [0, 0.05) is 21.2 Å². The smallest absolute Gasteiger partial charge is 0.262 e. The van der Waals surface area contributed by atoms with Gasteiger partial charge in [0.15, 0.2) is 11.5 Å². The Labute approximate surface area is 221 Å². The highest BCUT2D eigenvalue weighted by Crippen LogP contribution is 2.35. The van der Waals surface area contributed by atoms with Crippen molar-refractivity contribution in [3.8, 4) is 17.6 Å². The maximum absolute atomic E-state index is 12.8. The number of methoxy groups -OCH3 is 1. The Bertz CT molecular complexity index is 1310. The summed E-state index contributed by atoms with van der Waals surface area (Å²) in [5, 5.41) is 13.6. The van der Waals surface area contributed by atoms with Crippen LogP contribution in [0.5, 0.6) is 11.5 Å². The van der Waals surface area contributed by atoms with Crippen LogP contribution in [0.3, 0.4) is 0 Å². The monoisotopic (exact) mass is 520 g/mol. The molecule has 0 spiro atoms. The van der Waals surface area contributed by atoms with Crippen LogP contribution in [0.4, 0.5) is 0 Å². The fourth-order valence-corrected chi connectivity index (χ4v) is 4.06. The first-order valence-electron chi connectivity index (χ1n) is 11.2. The summed E-state index contributed by atoms with van der Waals surface area (Å²) in [5.74, 6) is 0.526. The van der Waals surface area contributed by atoms with Gasteiger partial charge in [-0.1, -0.05) is 65.7 Å². The minimum absolute atomic E-state index is 0.0222. The predicted molar refractivity (Wildman–Crippen MR) is 144 cm³/mol. The van der Waals surface area contributed by atoms with E-state index in [1.54, 1.807) is 30.3 Å². The molecule has 0 saturated carbocycles. The molecule has 0 unspecified atom stereocenters. The van der Waals surface area contributed by atoms with E-state index in [0.717, 1.165) is 16.7 Å². The van der Waals surface area contributed by atoms with Crippen LogP contribution in [-0.4, -0.2) is 13.0 Å². The zero-order chi connectivity index (χ0) is 26.1. The topological polar surface area (TPSA) is 71.4 Å². The van der Waals surface area contributed by atoms with Gasteiger partial charge >= 0.3 is 0 Å². The van der Waals surface area contributed by atoms with E-state index in [-0.39, 0.29) is 18.2 Å². The van der Waals surface area contributed by atoms with Gasteiger partial charge in [-0.3, -0.25) is 4.79 Å². The van der Waals surface area contributed by atoms with Crippen molar-refractivity contribution in [1.82, 2.24) is 5.32 Å². The van der Waals surface area contributed by atoms with Gasteiger partial charge in [0.05, 0.1) is 13.2 Å². The highest BCUT2D eigenvalue weighted by Gasteiger charge is 2.17. The maximum Gasteiger partial charge on any atom is 0.262 e. The lowest BCUT2D eigenvalue weighted by Crippen LogP contribution is -2.27. The predicted octanol–water partition coefficient (Wildman–Crippen LogP) is 7.09. The molecule has 3 aromatic rings. The van der Waals surface area contributed by atoms with Gasteiger partial charge < -0.3 is 14.8 Å². The van der Waals surface area contributed by atoms with Crippen LogP contribution in [0.25, 0.3) is 6.08 Å². The van der Waals surface area contributed by atoms with Gasteiger partial charge in [0.25, 0.3) is 5.91 Å². The van der Waals surface area contributed by atoms with Crippen molar-refractivity contribution >= 4 is 35.2 Å². The number of rotatable bonds is 10. The summed E-state index contributed by atoms with van der Waals surface area (Å²) in [6.45, 7) is 5.90. The van der Waals surface area contributed by atoms with Crippen molar-refractivity contribution in [2.75, 3.05) is 7.11 Å². The Hall–Kier alpha value is -3.72. The van der Waals surface area contributed by atoms with Crippen LogP contribution in [0.2, 0.25) is 10.0 Å². The standard InChI is InChI=1S/C29H26Cl2N2O3/c1-4-8-22-13-20(14-24(17-32)29(34)33-19(2)21-9-6-5-7-10-21)15-27(35-3)28(22)36-18-23-11-12-25(30)16-26(23)31/h4-7,9-16,19H,1,8,18H2,2-3H3,(H,33,34)/b24-14-/t19-/m1/s1. The summed E-state index contributed by atoms with van der Waals surface area (Å²) < 4.78 is 11.7. The van der Waals surface area contributed by atoms with Gasteiger partial charge in [-0.2, -0.15) is 5.26 Å². The van der Waals surface area contributed by atoms with Crippen LogP contribution in [-0.2, 0) is 17.8 Å². The number of hydrogen-bond acceptors (Lipinski definition) is 4. The summed E-state index contributed by atoms with van der Waals surface area (Å²) in [6.07, 6.45) is 3.76. The average Bonchev–Trinajstić information content (AvgIpc) is 2.87. The molecule has 0 aliphatic heterocycles. The normalized spacial score (nSPS) is 11.8. The SMILES string of the molecule is C=CCc1cc(/C=C(/C#N)C(=O)N[C@H](C)c2ccccc2)cc(OC)c1OCc1ccc(Cl)cc1Cl. The van der Waals surface area contributed by atoms with E-state index in [2.05, 4.69) is 11.9 Å². The Morgan fingerprint density at radius 3 is 2.53 bits per heavy atom. The molecule has 0 bridgehead atoms. The quantitative estimate of drug-likeness (QED) is 0.176. The fraction of sp³-hybridized carbons (Fsp3) is 0.172. The lowest BCUT2D eigenvalue weighted by molar-refractivity contribution is -0.117. The second kappa shape index (κ2) is 12.8. The Morgan fingerprint density at radius 1 is 1.14 bits per heavy atom. The number of hydrogen-bond donors (Lipinski definition) is 1. The molecule has 5 nitrogen and oxygen atoms in total. The van der Waals surface area contributed by atoms with Gasteiger partial charge in [-0.05, 0) is 54.8 Å². The van der Waals surface area contributed by atoms with Gasteiger partial charge in [-0.25, -0.2) is 0 Å². The summed E-state index contributed by atoms with van der Waals surface area (Å²) >= 11 is 12.3. The van der Waals surface area contributed by atoms with Crippen molar-refractivity contribution < 1.29 is 14.3 Å². The molecule has 184 valence electrons. The molecule has 3 aromatic carbocycles. The van der Waals surface area contributed by atoms with Crippen molar-refractivity contribution in [2.45, 2.75) is 26.0 Å². The molecule has 0 heterocycles. The lowest BCUT2D eigenvalue weighted by atomic mass is 10.0. The molecule has 0 radical (unpaired) electrons. The number of nitriles is 1. The van der Waals surface area contributed by atoms with Crippen LogP contribution in [0.15, 0.2) is 78.9 Å². The van der Waals surface area contributed by atoms with E-state index in [1.165, 1.54) is 13.2 Å². The van der Waals surface area contributed by atoms with E-state index < -0.39 is 5.91 Å². The number of ether oxygens (including phenoxy) is 2. The number of carbonyl (C=O) groups excluding carboxylic acids is 1. The van der Waals surface area contributed by atoms with E-state index in [9.17, 15) is 10.1 Å². The third-order valence-electron chi connectivity index (χ3n) is 5.45. The van der Waals surface area contributed by atoms with Crippen LogP contribution >= 0.6 is 23.2 Å². The number of allylic oxidation sites excluding steroid dienone is 1. The summed E-state index contributed by atoms with van der Waals surface area (Å²) in [5.41, 5.74) is 3.11. The highest BCUT2D eigenvalue weighted by molar-refractivity contribution is 6.35. The molecule has 0 aliphatic rings. The molecule has 1 atom stereocenters. The third-order valence-corrected chi connectivity index (χ3v) is 6.04. The largest absolute Gasteiger partial charge is 0.493 e. The second-order valence-electron chi connectivity index (χ2n) is 8.00. The first kappa shape index (κ1) is 26.9. The zero-order valence-corrected chi connectivity index (χ0v) is 21.6. The minimum Gasteiger partial charge on any atom is -0.493 e. The van der Waals surface area contributed by atoms with Gasteiger partial charge in [0.2, 0.25) is 0 Å². The van der Waals surface area contributed by atoms with E-state index in [0.29, 0.717) is 33.5 Å². The molecule has 36 heavy (non-hydrogen) atoms. The van der Waals surface area contributed by atoms with Crippen LogP contribution in [0.1, 0.15) is 35.2 Å². The molecular formula is C29H26Cl2N2O3. The van der Waals surface area contributed by atoms with Crippen LogP contribution in [0, 0.1) is 11.3 Å². The second-order valence-corrected chi connectivity index (χ2v) is 8.85. The molecule has 1 amide bonds. The number of carbonyl (C=O) groups is 1. The lowest BCUT2D eigenvalue weighted by Gasteiger charge is -2.17. The van der Waals surface area contributed by atoms with Crippen molar-refractivity contribution in [3.05, 3.63) is 111 Å². The van der Waals surface area contributed by atoms with E-state index >= 15 is 0 Å². The number of halogens is 2. The molecule has 1 N–H and O–H groups in total. The Morgan fingerprint density at radius 2 is 1.89 bits per heavy atom. The number of nitrogens with zero attached hydrogens (tertiary/aromatic N) is 1. The fourth-order valence-electron chi connectivity index (χ4n) is 3.59. The molecular weight excluding hydrogens is 495 g/mol. The maximum atomic E-state index is 12.8. The zero-order valence-electron chi connectivity index (χ0n) is 20.1. The van der Waals surface area contributed by atoms with Crippen LogP contribution < -0.4 is 14.8 Å². The summed E-state index contributed by atoms with van der Waals surface area (Å²) in [6, 6.07) is 20.1. The first-order valence-corrected chi connectivity index (χ1v) is 12.0. The van der Waals surface area contributed by atoms with E-state index in [4.69, 9.17) is 32.7 Å². The number of nitrogens with one attached hydrogen (secondary N) is 1. The van der Waals surface area contributed by atoms with E-state index in [1.807, 2.05) is 49.4 Å². The highest BCUT2D eigenvalue weighted by atomic mass is 35.5. The molecule has 0 aromatic heterocycles. The average molecular weight is 521 g/mol. The van der Waals surface area contributed by atoms with Crippen molar-refractivity contribution in [2.24, 2.45) is 0 Å². The summed E-state index contributed by atoms with van der Waals surface area (Å²) in [7, 11) is 1.53. The molecule has 7 heteroatoms. The van der Waals surface area contributed by atoms with Crippen molar-refractivity contribution in [1.29, 1.82) is 5.26 Å². The number of benzene rings is 3. The van der Waals surface area contributed by atoms with Crippen molar-refractivity contribution in [3.63, 3.8) is 0 Å². The Balaban J connectivity index is 1.88. The minimum atomic E-state index is -0.462. The van der Waals surface area contributed by atoms with Gasteiger partial charge in [0.1, 0.15) is 18.2 Å². The molecule has 0 fully saturated rings.